The number of esters is 1. The number of hydrogen-bond donors (Lipinski definition) is 1. The van der Waals surface area contributed by atoms with E-state index in [9.17, 15) is 13.6 Å². The molecule has 19 heavy (non-hydrogen) atoms. The minimum absolute atomic E-state index is 0.197. The number of rotatable bonds is 6. The molecule has 1 rings (SSSR count). The zero-order valence-corrected chi connectivity index (χ0v) is 11.4. The van der Waals surface area contributed by atoms with Gasteiger partial charge in [-0.2, -0.15) is 0 Å². The van der Waals surface area contributed by atoms with E-state index in [1.54, 1.807) is 6.92 Å². The lowest BCUT2D eigenvalue weighted by molar-refractivity contribution is -0.145. The van der Waals surface area contributed by atoms with Crippen molar-refractivity contribution >= 4 is 5.97 Å². The monoisotopic (exact) mass is 271 g/mol. The molecule has 1 N–H and O–H groups in total. The van der Waals surface area contributed by atoms with Crippen molar-refractivity contribution in [2.24, 2.45) is 0 Å². The molecule has 0 spiro atoms. The van der Waals surface area contributed by atoms with E-state index < -0.39 is 17.2 Å². The highest BCUT2D eigenvalue weighted by Gasteiger charge is 2.19. The average Bonchev–Trinajstić information content (AvgIpc) is 2.35. The van der Waals surface area contributed by atoms with Gasteiger partial charge in [-0.25, -0.2) is 8.78 Å². The Morgan fingerprint density at radius 3 is 2.63 bits per heavy atom. The van der Waals surface area contributed by atoms with Gasteiger partial charge < -0.3 is 10.1 Å². The molecule has 1 aromatic carbocycles. The summed E-state index contributed by atoms with van der Waals surface area (Å²) in [7, 11) is 0. The molecule has 0 aliphatic heterocycles. The Balaban J connectivity index is 2.52. The van der Waals surface area contributed by atoms with Crippen molar-refractivity contribution in [2.45, 2.75) is 39.3 Å². The molecular formula is C14H19F2NO2. The molecule has 0 heterocycles. The van der Waals surface area contributed by atoms with Crippen LogP contribution in [0.1, 0.15) is 32.8 Å². The summed E-state index contributed by atoms with van der Waals surface area (Å²) in [6, 6.07) is 3.46. The number of hydrogen-bond acceptors (Lipinski definition) is 3. The topological polar surface area (TPSA) is 38.3 Å². The first-order valence-electron chi connectivity index (χ1n) is 6.18. The quantitative estimate of drug-likeness (QED) is 0.809. The highest BCUT2D eigenvalue weighted by atomic mass is 19.1. The van der Waals surface area contributed by atoms with E-state index >= 15 is 0 Å². The van der Waals surface area contributed by atoms with E-state index in [0.717, 1.165) is 6.07 Å². The van der Waals surface area contributed by atoms with Gasteiger partial charge in [-0.1, -0.05) is 13.0 Å². The molecule has 0 saturated carbocycles. The second-order valence-electron chi connectivity index (χ2n) is 4.99. The highest BCUT2D eigenvalue weighted by molar-refractivity contribution is 5.68. The maximum atomic E-state index is 13.4. The van der Waals surface area contributed by atoms with Crippen LogP contribution in [0.3, 0.4) is 0 Å². The van der Waals surface area contributed by atoms with Crippen LogP contribution in [0.5, 0.6) is 0 Å². The van der Waals surface area contributed by atoms with Gasteiger partial charge in [0.05, 0.1) is 0 Å². The highest BCUT2D eigenvalue weighted by Crippen LogP contribution is 2.11. The Morgan fingerprint density at radius 2 is 2.05 bits per heavy atom. The lowest BCUT2D eigenvalue weighted by atomic mass is 10.1. The van der Waals surface area contributed by atoms with Crippen molar-refractivity contribution in [3.8, 4) is 0 Å². The van der Waals surface area contributed by atoms with Gasteiger partial charge in [0.1, 0.15) is 18.2 Å². The maximum absolute atomic E-state index is 13.4. The fourth-order valence-electron chi connectivity index (χ4n) is 1.41. The molecule has 106 valence electrons. The van der Waals surface area contributed by atoms with Gasteiger partial charge in [0.15, 0.2) is 0 Å². The van der Waals surface area contributed by atoms with Crippen molar-refractivity contribution in [2.75, 3.05) is 6.61 Å². The smallest absolute Gasteiger partial charge is 0.305 e. The first kappa shape index (κ1) is 15.6. The van der Waals surface area contributed by atoms with Gasteiger partial charge in [0, 0.05) is 30.1 Å². The second-order valence-corrected chi connectivity index (χ2v) is 4.99. The molecule has 1 aromatic rings. The molecule has 0 bridgehead atoms. The van der Waals surface area contributed by atoms with Gasteiger partial charge in [0.25, 0.3) is 0 Å². The molecule has 5 heteroatoms. The zero-order chi connectivity index (χ0) is 14.5. The summed E-state index contributed by atoms with van der Waals surface area (Å²) in [5.74, 6) is -1.46. The van der Waals surface area contributed by atoms with E-state index in [2.05, 4.69) is 5.32 Å². The molecule has 0 amide bonds. The van der Waals surface area contributed by atoms with Crippen molar-refractivity contribution in [3.05, 3.63) is 35.4 Å². The fraction of sp³-hybridized carbons (Fsp3) is 0.500. The van der Waals surface area contributed by atoms with Crippen LogP contribution in [0, 0.1) is 11.6 Å². The van der Waals surface area contributed by atoms with Gasteiger partial charge in [0.2, 0.25) is 0 Å². The van der Waals surface area contributed by atoms with Gasteiger partial charge >= 0.3 is 5.97 Å². The Kier molecular flexibility index (Phi) is 5.42. The average molecular weight is 271 g/mol. The largest absolute Gasteiger partial charge is 0.464 e. The van der Waals surface area contributed by atoms with Crippen molar-refractivity contribution in [1.29, 1.82) is 0 Å². The number of nitrogens with one attached hydrogen (secondary N) is 1. The summed E-state index contributed by atoms with van der Waals surface area (Å²) in [5.41, 5.74) is -0.109. The predicted molar refractivity (Wildman–Crippen MR) is 68.5 cm³/mol. The lowest BCUT2D eigenvalue weighted by Gasteiger charge is -2.26. The normalized spacial score (nSPS) is 11.4. The van der Waals surface area contributed by atoms with Crippen LogP contribution >= 0.6 is 0 Å². The maximum Gasteiger partial charge on any atom is 0.305 e. The van der Waals surface area contributed by atoms with Crippen LogP contribution in [0.2, 0.25) is 0 Å². The fourth-order valence-corrected chi connectivity index (χ4v) is 1.41. The third kappa shape index (κ3) is 5.34. The first-order valence-corrected chi connectivity index (χ1v) is 6.18. The minimum Gasteiger partial charge on any atom is -0.464 e. The minimum atomic E-state index is -0.600. The summed E-state index contributed by atoms with van der Waals surface area (Å²) in [6.07, 6.45) is 0.322. The Labute approximate surface area is 112 Å². The molecule has 3 nitrogen and oxygen atoms in total. The second kappa shape index (κ2) is 6.61. The predicted octanol–water partition coefficient (Wildman–Crippen LogP) is 2.79. The summed E-state index contributed by atoms with van der Waals surface area (Å²) in [4.78, 5) is 11.1. The number of carbonyl (C=O) groups is 1. The van der Waals surface area contributed by atoms with Gasteiger partial charge in [-0.3, -0.25) is 4.79 Å². The number of carbonyl (C=O) groups excluding carboxylic acids is 1. The zero-order valence-electron chi connectivity index (χ0n) is 11.4. The summed E-state index contributed by atoms with van der Waals surface area (Å²) < 4.78 is 31.2. The Hall–Kier alpha value is -1.49. The molecule has 0 aromatic heterocycles. The SMILES string of the molecule is CCC(=O)OCC(C)(C)NCc1ccc(F)cc1F. The molecular weight excluding hydrogens is 252 g/mol. The summed E-state index contributed by atoms with van der Waals surface area (Å²) in [6.45, 7) is 5.84. The summed E-state index contributed by atoms with van der Waals surface area (Å²) >= 11 is 0. The molecule has 0 atom stereocenters. The molecule has 0 fully saturated rings. The summed E-state index contributed by atoms with van der Waals surface area (Å²) in [5, 5.41) is 3.08. The number of ether oxygens (including phenoxy) is 1. The Morgan fingerprint density at radius 1 is 1.37 bits per heavy atom. The van der Waals surface area contributed by atoms with E-state index in [4.69, 9.17) is 4.74 Å². The van der Waals surface area contributed by atoms with Gasteiger partial charge in [-0.05, 0) is 19.9 Å². The van der Waals surface area contributed by atoms with E-state index in [1.165, 1.54) is 12.1 Å². The third-order valence-corrected chi connectivity index (χ3v) is 2.66. The lowest BCUT2D eigenvalue weighted by Crippen LogP contribution is -2.43. The van der Waals surface area contributed by atoms with Crippen LogP contribution in [0.15, 0.2) is 18.2 Å². The van der Waals surface area contributed by atoms with Crippen molar-refractivity contribution in [3.63, 3.8) is 0 Å². The Bertz CT molecular complexity index is 447. The van der Waals surface area contributed by atoms with Crippen LogP contribution in [-0.2, 0) is 16.1 Å². The van der Waals surface area contributed by atoms with Gasteiger partial charge in [-0.15, -0.1) is 0 Å². The van der Waals surface area contributed by atoms with E-state index in [1.807, 2.05) is 13.8 Å². The van der Waals surface area contributed by atoms with Crippen molar-refractivity contribution < 1.29 is 18.3 Å². The van der Waals surface area contributed by atoms with Crippen LogP contribution < -0.4 is 5.32 Å². The van der Waals surface area contributed by atoms with Crippen LogP contribution in [0.4, 0.5) is 8.78 Å². The molecule has 0 saturated heterocycles. The van der Waals surface area contributed by atoms with Crippen LogP contribution in [0.25, 0.3) is 0 Å². The first-order chi connectivity index (χ1) is 8.84. The third-order valence-electron chi connectivity index (χ3n) is 2.66. The standard InChI is InChI=1S/C14H19F2NO2/c1-4-13(18)19-9-14(2,3)17-8-10-5-6-11(15)7-12(10)16/h5-7,17H,4,8-9H2,1-3H3. The van der Waals surface area contributed by atoms with E-state index in [0.29, 0.717) is 12.0 Å². The number of benzene rings is 1. The van der Waals surface area contributed by atoms with Crippen LogP contribution in [-0.4, -0.2) is 18.1 Å². The molecule has 0 aliphatic carbocycles. The molecule has 0 unspecified atom stereocenters. The van der Waals surface area contributed by atoms with E-state index in [-0.39, 0.29) is 19.1 Å². The molecule has 0 aliphatic rings. The molecule has 0 radical (unpaired) electrons. The number of halogens is 2. The van der Waals surface area contributed by atoms with Crippen molar-refractivity contribution in [1.82, 2.24) is 5.32 Å².